The molecule has 1 aromatic carbocycles. The van der Waals surface area contributed by atoms with Crippen LogP contribution in [0.4, 0.5) is 5.69 Å². The summed E-state index contributed by atoms with van der Waals surface area (Å²) >= 11 is 0. The summed E-state index contributed by atoms with van der Waals surface area (Å²) in [6, 6.07) is 6.86. The Kier molecular flexibility index (Phi) is 5.30. The van der Waals surface area contributed by atoms with Crippen LogP contribution in [0, 0.1) is 0 Å². The van der Waals surface area contributed by atoms with Crippen molar-refractivity contribution in [3.8, 4) is 5.75 Å². The number of aromatic amines is 1. The molecule has 0 radical (unpaired) electrons. The molecule has 0 saturated carbocycles. The maximum atomic E-state index is 12.4. The fraction of sp³-hybridized carbons (Fsp3) is 0.353. The second kappa shape index (κ2) is 7.80. The van der Waals surface area contributed by atoms with Crippen LogP contribution in [0.15, 0.2) is 24.3 Å². The predicted molar refractivity (Wildman–Crippen MR) is 92.6 cm³/mol. The molecule has 4 N–H and O–H groups in total. The van der Waals surface area contributed by atoms with E-state index in [4.69, 9.17) is 4.74 Å². The fourth-order valence-electron chi connectivity index (χ4n) is 2.63. The molecular formula is C17H21N5O3. The number of nitrogens with one attached hydrogen (secondary N) is 4. The highest BCUT2D eigenvalue weighted by Gasteiger charge is 2.21. The van der Waals surface area contributed by atoms with E-state index in [1.165, 1.54) is 0 Å². The molecule has 132 valence electrons. The first-order valence-corrected chi connectivity index (χ1v) is 8.25. The first-order chi connectivity index (χ1) is 12.2. The van der Waals surface area contributed by atoms with Crippen molar-refractivity contribution in [1.82, 2.24) is 20.8 Å². The Labute approximate surface area is 145 Å². The third-order valence-electron chi connectivity index (χ3n) is 3.88. The number of nitrogens with zero attached hydrogens (tertiary/aromatic N) is 1. The number of carbonyl (C=O) groups is 2. The van der Waals surface area contributed by atoms with E-state index in [1.807, 2.05) is 6.92 Å². The summed E-state index contributed by atoms with van der Waals surface area (Å²) in [4.78, 5) is 23.8. The number of hydrogen-bond donors (Lipinski definition) is 4. The number of benzene rings is 1. The summed E-state index contributed by atoms with van der Waals surface area (Å²) in [5.74, 6) is 0.139. The number of carbonyl (C=O) groups excluding carboxylic acids is 2. The molecule has 8 nitrogen and oxygen atoms in total. The second-order valence-corrected chi connectivity index (χ2v) is 5.68. The van der Waals surface area contributed by atoms with Crippen LogP contribution in [-0.2, 0) is 17.8 Å². The molecule has 1 aliphatic heterocycles. The SMILES string of the molecule is CCNC(=O)COc1ccc(NC(=O)c2n[nH]c3c2CNCC3)cc1. The van der Waals surface area contributed by atoms with Gasteiger partial charge in [-0.15, -0.1) is 0 Å². The van der Waals surface area contributed by atoms with Crippen LogP contribution < -0.4 is 20.7 Å². The van der Waals surface area contributed by atoms with E-state index in [0.717, 1.165) is 24.2 Å². The molecule has 2 heterocycles. The molecule has 0 saturated heterocycles. The van der Waals surface area contributed by atoms with Crippen LogP contribution in [0.2, 0.25) is 0 Å². The van der Waals surface area contributed by atoms with E-state index in [0.29, 0.717) is 30.2 Å². The highest BCUT2D eigenvalue weighted by atomic mass is 16.5. The molecule has 2 amide bonds. The van der Waals surface area contributed by atoms with Gasteiger partial charge in [0.15, 0.2) is 12.3 Å². The highest BCUT2D eigenvalue weighted by Crippen LogP contribution is 2.19. The second-order valence-electron chi connectivity index (χ2n) is 5.68. The Balaban J connectivity index is 1.59. The lowest BCUT2D eigenvalue weighted by molar-refractivity contribution is -0.122. The summed E-state index contributed by atoms with van der Waals surface area (Å²) < 4.78 is 5.38. The van der Waals surface area contributed by atoms with Crippen molar-refractivity contribution in [3.05, 3.63) is 41.2 Å². The average molecular weight is 343 g/mol. The number of rotatable bonds is 6. The fourth-order valence-corrected chi connectivity index (χ4v) is 2.63. The van der Waals surface area contributed by atoms with Crippen LogP contribution in [-0.4, -0.2) is 41.7 Å². The number of aromatic nitrogens is 2. The highest BCUT2D eigenvalue weighted by molar-refractivity contribution is 6.04. The van der Waals surface area contributed by atoms with E-state index >= 15 is 0 Å². The van der Waals surface area contributed by atoms with Gasteiger partial charge < -0.3 is 20.7 Å². The van der Waals surface area contributed by atoms with Gasteiger partial charge in [0.25, 0.3) is 11.8 Å². The number of fused-ring (bicyclic) bond motifs is 1. The molecule has 0 atom stereocenters. The Hall–Kier alpha value is -2.87. The minimum absolute atomic E-state index is 0.0358. The normalized spacial score (nSPS) is 13.0. The van der Waals surface area contributed by atoms with Crippen molar-refractivity contribution >= 4 is 17.5 Å². The third kappa shape index (κ3) is 4.16. The maximum Gasteiger partial charge on any atom is 0.276 e. The number of ether oxygens (including phenoxy) is 1. The van der Waals surface area contributed by atoms with Crippen molar-refractivity contribution in [3.63, 3.8) is 0 Å². The zero-order chi connectivity index (χ0) is 17.6. The zero-order valence-corrected chi connectivity index (χ0v) is 14.0. The van der Waals surface area contributed by atoms with E-state index in [9.17, 15) is 9.59 Å². The standard InChI is InChI=1S/C17H21N5O3/c1-2-19-15(23)10-25-12-5-3-11(4-6-12)20-17(24)16-13-9-18-8-7-14(13)21-22-16/h3-6,18H,2,7-10H2,1H3,(H,19,23)(H,20,24)(H,21,22). The zero-order valence-electron chi connectivity index (χ0n) is 14.0. The first-order valence-electron chi connectivity index (χ1n) is 8.25. The third-order valence-corrected chi connectivity index (χ3v) is 3.88. The summed E-state index contributed by atoms with van der Waals surface area (Å²) in [5.41, 5.74) is 2.98. The number of amides is 2. The van der Waals surface area contributed by atoms with Crippen LogP contribution in [0.1, 0.15) is 28.7 Å². The van der Waals surface area contributed by atoms with Crippen LogP contribution in [0.5, 0.6) is 5.75 Å². The predicted octanol–water partition coefficient (Wildman–Crippen LogP) is 0.823. The number of anilines is 1. The van der Waals surface area contributed by atoms with Gasteiger partial charge >= 0.3 is 0 Å². The summed E-state index contributed by atoms with van der Waals surface area (Å²) in [7, 11) is 0. The largest absolute Gasteiger partial charge is 0.484 e. The number of likely N-dealkylation sites (N-methyl/N-ethyl adjacent to an activating group) is 1. The Morgan fingerprint density at radius 3 is 2.84 bits per heavy atom. The maximum absolute atomic E-state index is 12.4. The molecule has 0 unspecified atom stereocenters. The number of hydrogen-bond acceptors (Lipinski definition) is 5. The topological polar surface area (TPSA) is 108 Å². The lowest BCUT2D eigenvalue weighted by Gasteiger charge is -2.13. The van der Waals surface area contributed by atoms with Gasteiger partial charge in [0.2, 0.25) is 0 Å². The first kappa shape index (κ1) is 17.0. The lowest BCUT2D eigenvalue weighted by Crippen LogP contribution is -2.28. The number of H-pyrrole nitrogens is 1. The molecule has 2 aromatic rings. The summed E-state index contributed by atoms with van der Waals surface area (Å²) in [5, 5.41) is 15.8. The van der Waals surface area contributed by atoms with Crippen molar-refractivity contribution in [2.24, 2.45) is 0 Å². The Bertz CT molecular complexity index is 754. The summed E-state index contributed by atoms with van der Waals surface area (Å²) in [6.45, 7) is 3.91. The Morgan fingerprint density at radius 1 is 1.28 bits per heavy atom. The van der Waals surface area contributed by atoms with Crippen molar-refractivity contribution in [2.75, 3.05) is 25.0 Å². The molecule has 0 fully saturated rings. The average Bonchev–Trinajstić information content (AvgIpc) is 3.05. The van der Waals surface area contributed by atoms with E-state index in [1.54, 1.807) is 24.3 Å². The van der Waals surface area contributed by atoms with E-state index in [-0.39, 0.29) is 18.4 Å². The van der Waals surface area contributed by atoms with Gasteiger partial charge in [0.1, 0.15) is 5.75 Å². The summed E-state index contributed by atoms with van der Waals surface area (Å²) in [6.07, 6.45) is 0.841. The van der Waals surface area contributed by atoms with Gasteiger partial charge in [0, 0.05) is 43.0 Å². The van der Waals surface area contributed by atoms with Gasteiger partial charge in [-0.3, -0.25) is 14.7 Å². The van der Waals surface area contributed by atoms with E-state index < -0.39 is 0 Å². The van der Waals surface area contributed by atoms with Gasteiger partial charge in [-0.1, -0.05) is 0 Å². The van der Waals surface area contributed by atoms with Crippen molar-refractivity contribution < 1.29 is 14.3 Å². The molecule has 25 heavy (non-hydrogen) atoms. The van der Waals surface area contributed by atoms with Gasteiger partial charge in [0.05, 0.1) is 0 Å². The molecule has 0 aliphatic carbocycles. The van der Waals surface area contributed by atoms with Crippen molar-refractivity contribution in [2.45, 2.75) is 19.9 Å². The molecule has 1 aromatic heterocycles. The molecule has 8 heteroatoms. The lowest BCUT2D eigenvalue weighted by atomic mass is 10.1. The van der Waals surface area contributed by atoms with Crippen LogP contribution in [0.3, 0.4) is 0 Å². The quantitative estimate of drug-likeness (QED) is 0.621. The molecular weight excluding hydrogens is 322 g/mol. The van der Waals surface area contributed by atoms with Crippen LogP contribution in [0.25, 0.3) is 0 Å². The Morgan fingerprint density at radius 2 is 2.08 bits per heavy atom. The van der Waals surface area contributed by atoms with Gasteiger partial charge in [-0.25, -0.2) is 0 Å². The van der Waals surface area contributed by atoms with E-state index in [2.05, 4.69) is 26.1 Å². The molecule has 0 spiro atoms. The molecule has 0 bridgehead atoms. The monoisotopic (exact) mass is 343 g/mol. The smallest absolute Gasteiger partial charge is 0.276 e. The molecule has 1 aliphatic rings. The molecule has 3 rings (SSSR count). The van der Waals surface area contributed by atoms with Crippen LogP contribution >= 0.6 is 0 Å². The van der Waals surface area contributed by atoms with Gasteiger partial charge in [-0.2, -0.15) is 5.10 Å². The minimum Gasteiger partial charge on any atom is -0.484 e. The van der Waals surface area contributed by atoms with Gasteiger partial charge in [-0.05, 0) is 31.2 Å². The minimum atomic E-state index is -0.253. The van der Waals surface area contributed by atoms with Crippen molar-refractivity contribution in [1.29, 1.82) is 0 Å².